The maximum Gasteiger partial charge on any atom is 0.297 e. The molecule has 1 aliphatic rings. The summed E-state index contributed by atoms with van der Waals surface area (Å²) in [5.74, 6) is 0.0605. The summed E-state index contributed by atoms with van der Waals surface area (Å²) >= 11 is 0. The van der Waals surface area contributed by atoms with Crippen LogP contribution in [0.25, 0.3) is 0 Å². The Morgan fingerprint density at radius 3 is 2.35 bits per heavy atom. The van der Waals surface area contributed by atoms with Gasteiger partial charge in [0.05, 0.1) is 11.0 Å². The third-order valence-electron chi connectivity index (χ3n) is 3.48. The van der Waals surface area contributed by atoms with E-state index in [2.05, 4.69) is 0 Å². The molecule has 1 unspecified atom stereocenters. The predicted octanol–water partition coefficient (Wildman–Crippen LogP) is 2.85. The minimum Gasteiger partial charge on any atom is -0.300 e. The number of Topliss-reactive ketones (excluding diaryl/α,β-unsaturated/α-hetero) is 1. The van der Waals surface area contributed by atoms with Crippen LogP contribution in [0.4, 0.5) is 0 Å². The number of aryl methyl sites for hydroxylation is 1. The van der Waals surface area contributed by atoms with Gasteiger partial charge in [0.25, 0.3) is 10.1 Å². The molecule has 4 nitrogen and oxygen atoms in total. The van der Waals surface area contributed by atoms with Gasteiger partial charge in [0.1, 0.15) is 5.78 Å². The van der Waals surface area contributed by atoms with E-state index in [1.807, 2.05) is 20.8 Å². The van der Waals surface area contributed by atoms with E-state index in [0.29, 0.717) is 12.8 Å². The molecule has 0 heterocycles. The number of hydrogen-bond acceptors (Lipinski definition) is 4. The summed E-state index contributed by atoms with van der Waals surface area (Å²) in [4.78, 5) is 11.8. The van der Waals surface area contributed by atoms with Crippen LogP contribution in [0.2, 0.25) is 0 Å². The summed E-state index contributed by atoms with van der Waals surface area (Å²) in [5, 5.41) is 0. The Hall–Kier alpha value is -1.20. The zero-order valence-corrected chi connectivity index (χ0v) is 12.9. The number of hydrogen-bond donors (Lipinski definition) is 0. The van der Waals surface area contributed by atoms with E-state index in [1.54, 1.807) is 12.1 Å². The van der Waals surface area contributed by atoms with E-state index in [1.165, 1.54) is 12.1 Å². The van der Waals surface area contributed by atoms with Gasteiger partial charge in [0.2, 0.25) is 0 Å². The van der Waals surface area contributed by atoms with Crippen molar-refractivity contribution in [1.29, 1.82) is 0 Å². The van der Waals surface area contributed by atoms with Gasteiger partial charge in [-0.05, 0) is 30.9 Å². The van der Waals surface area contributed by atoms with Crippen LogP contribution in [-0.4, -0.2) is 20.3 Å². The van der Waals surface area contributed by atoms with Crippen molar-refractivity contribution in [3.8, 4) is 0 Å². The first-order valence-corrected chi connectivity index (χ1v) is 8.10. The molecular formula is C15H20O4S. The zero-order chi connectivity index (χ0) is 15.0. The third-order valence-corrected chi connectivity index (χ3v) is 4.86. The van der Waals surface area contributed by atoms with Crippen LogP contribution >= 0.6 is 0 Å². The minimum atomic E-state index is -3.80. The number of benzene rings is 1. The molecule has 110 valence electrons. The molecule has 1 saturated carbocycles. The van der Waals surface area contributed by atoms with Crippen molar-refractivity contribution in [3.05, 3.63) is 29.8 Å². The van der Waals surface area contributed by atoms with Gasteiger partial charge in [-0.2, -0.15) is 8.42 Å². The van der Waals surface area contributed by atoms with E-state index >= 15 is 0 Å². The fraction of sp³-hybridized carbons (Fsp3) is 0.533. The van der Waals surface area contributed by atoms with Gasteiger partial charge in [-0.15, -0.1) is 0 Å². The lowest BCUT2D eigenvalue weighted by atomic mass is 9.75. The van der Waals surface area contributed by atoms with Gasteiger partial charge in [0.15, 0.2) is 0 Å². The third kappa shape index (κ3) is 3.67. The van der Waals surface area contributed by atoms with Crippen LogP contribution in [0, 0.1) is 12.3 Å². The maximum absolute atomic E-state index is 12.2. The second-order valence-electron chi connectivity index (χ2n) is 6.27. The highest BCUT2D eigenvalue weighted by atomic mass is 32.2. The first-order valence-electron chi connectivity index (χ1n) is 6.70. The number of rotatable bonds is 3. The first kappa shape index (κ1) is 15.2. The average molecular weight is 296 g/mol. The molecule has 1 atom stereocenters. The molecule has 0 aromatic heterocycles. The lowest BCUT2D eigenvalue weighted by Crippen LogP contribution is -2.35. The smallest absolute Gasteiger partial charge is 0.297 e. The molecule has 2 rings (SSSR count). The zero-order valence-electron chi connectivity index (χ0n) is 12.0. The predicted molar refractivity (Wildman–Crippen MR) is 75.9 cm³/mol. The SMILES string of the molecule is Cc1ccc(S(=O)(=O)OC2CC(=O)CC(C)(C)C2)cc1. The van der Waals surface area contributed by atoms with Gasteiger partial charge in [0, 0.05) is 12.8 Å². The summed E-state index contributed by atoms with van der Waals surface area (Å²) in [6.45, 7) is 5.80. The Balaban J connectivity index is 2.16. The number of ketones is 1. The number of carbonyl (C=O) groups excluding carboxylic acids is 1. The Kier molecular flexibility index (Phi) is 4.02. The van der Waals surface area contributed by atoms with Crippen LogP contribution in [0.1, 0.15) is 38.7 Å². The Morgan fingerprint density at radius 1 is 1.20 bits per heavy atom. The lowest BCUT2D eigenvalue weighted by Gasteiger charge is -2.33. The normalized spacial score (nSPS) is 22.8. The van der Waals surface area contributed by atoms with Crippen molar-refractivity contribution < 1.29 is 17.4 Å². The average Bonchev–Trinajstić information content (AvgIpc) is 2.25. The highest BCUT2D eigenvalue weighted by Crippen LogP contribution is 2.35. The van der Waals surface area contributed by atoms with Crippen molar-refractivity contribution in [2.24, 2.45) is 5.41 Å². The molecule has 0 radical (unpaired) electrons. The van der Waals surface area contributed by atoms with Crippen molar-refractivity contribution in [2.75, 3.05) is 0 Å². The quantitative estimate of drug-likeness (QED) is 0.805. The second-order valence-corrected chi connectivity index (χ2v) is 7.85. The Labute approximate surface area is 120 Å². The van der Waals surface area contributed by atoms with Gasteiger partial charge < -0.3 is 0 Å². The van der Waals surface area contributed by atoms with Gasteiger partial charge >= 0.3 is 0 Å². The Bertz CT molecular complexity index is 599. The molecule has 0 saturated heterocycles. The monoisotopic (exact) mass is 296 g/mol. The molecule has 0 amide bonds. The van der Waals surface area contributed by atoms with Crippen molar-refractivity contribution in [2.45, 2.75) is 51.0 Å². The second kappa shape index (κ2) is 5.30. The molecule has 0 spiro atoms. The van der Waals surface area contributed by atoms with Crippen molar-refractivity contribution in [1.82, 2.24) is 0 Å². The minimum absolute atomic E-state index is 0.0605. The van der Waals surface area contributed by atoms with Crippen LogP contribution in [-0.2, 0) is 19.1 Å². The summed E-state index contributed by atoms with van der Waals surface area (Å²) in [6.07, 6.45) is 0.674. The van der Waals surface area contributed by atoms with E-state index in [-0.39, 0.29) is 22.5 Å². The van der Waals surface area contributed by atoms with Crippen molar-refractivity contribution in [3.63, 3.8) is 0 Å². The topological polar surface area (TPSA) is 60.4 Å². The molecule has 0 aliphatic heterocycles. The summed E-state index contributed by atoms with van der Waals surface area (Å²) < 4.78 is 29.7. The van der Waals surface area contributed by atoms with E-state index in [9.17, 15) is 13.2 Å². The molecule has 0 bridgehead atoms. The summed E-state index contributed by atoms with van der Waals surface area (Å²) in [7, 11) is -3.80. The summed E-state index contributed by atoms with van der Waals surface area (Å²) in [6, 6.07) is 6.51. The van der Waals surface area contributed by atoms with Crippen molar-refractivity contribution >= 4 is 15.9 Å². The first-order chi connectivity index (χ1) is 9.18. The molecule has 1 fully saturated rings. The van der Waals surface area contributed by atoms with E-state index in [4.69, 9.17) is 4.18 Å². The molecule has 20 heavy (non-hydrogen) atoms. The van der Waals surface area contributed by atoms with Crippen LogP contribution in [0.3, 0.4) is 0 Å². The standard InChI is InChI=1S/C15H20O4S/c1-11-4-6-14(7-5-11)20(17,18)19-13-8-12(16)9-15(2,3)10-13/h4-7,13H,8-10H2,1-3H3. The van der Waals surface area contributed by atoms with Gasteiger partial charge in [-0.25, -0.2) is 0 Å². The molecule has 1 aromatic rings. The fourth-order valence-electron chi connectivity index (χ4n) is 2.63. The molecule has 5 heteroatoms. The van der Waals surface area contributed by atoms with Gasteiger partial charge in [-0.3, -0.25) is 8.98 Å². The van der Waals surface area contributed by atoms with Gasteiger partial charge in [-0.1, -0.05) is 31.5 Å². The lowest BCUT2D eigenvalue weighted by molar-refractivity contribution is -0.126. The highest BCUT2D eigenvalue weighted by molar-refractivity contribution is 7.86. The maximum atomic E-state index is 12.2. The van der Waals surface area contributed by atoms with E-state index < -0.39 is 16.2 Å². The summed E-state index contributed by atoms with van der Waals surface area (Å²) in [5.41, 5.74) is 0.779. The molecule has 0 N–H and O–H groups in total. The number of carbonyl (C=O) groups is 1. The van der Waals surface area contributed by atoms with Crippen LogP contribution in [0.15, 0.2) is 29.2 Å². The largest absolute Gasteiger partial charge is 0.300 e. The van der Waals surface area contributed by atoms with Crippen LogP contribution in [0.5, 0.6) is 0 Å². The fourth-order valence-corrected chi connectivity index (χ4v) is 3.70. The Morgan fingerprint density at radius 2 is 1.80 bits per heavy atom. The molecular weight excluding hydrogens is 276 g/mol. The van der Waals surface area contributed by atoms with E-state index in [0.717, 1.165) is 5.56 Å². The highest BCUT2D eigenvalue weighted by Gasteiger charge is 2.36. The van der Waals surface area contributed by atoms with Crippen LogP contribution < -0.4 is 0 Å². The molecule has 1 aromatic carbocycles. The molecule has 1 aliphatic carbocycles.